The highest BCUT2D eigenvalue weighted by molar-refractivity contribution is 7.80. The van der Waals surface area contributed by atoms with Gasteiger partial charge < -0.3 is 20.3 Å². The second-order valence-corrected chi connectivity index (χ2v) is 5.39. The molecule has 1 unspecified atom stereocenters. The van der Waals surface area contributed by atoms with Crippen molar-refractivity contribution in [3.63, 3.8) is 0 Å². The minimum absolute atomic E-state index is 0.256. The minimum Gasteiger partial charge on any atom is -0.755 e. The molecule has 2 aromatic rings. The standard InChI is InChI=1S/C13H18N6O3S/c14-6-1-7-19-9-12(16-18-19)8-15-13(20)10-2-4-11(5-3-10)17-23(21)22/h2-5,9,17H,1,6-8,14H2,(H,15,20)(H,21,22)/p-1. The van der Waals surface area contributed by atoms with E-state index in [4.69, 9.17) is 5.73 Å². The largest absolute Gasteiger partial charge is 0.755 e. The molecule has 0 bridgehead atoms. The van der Waals surface area contributed by atoms with E-state index in [0.717, 1.165) is 6.42 Å². The second kappa shape index (κ2) is 8.36. The highest BCUT2D eigenvalue weighted by atomic mass is 32.2. The molecule has 0 saturated carbocycles. The summed E-state index contributed by atoms with van der Waals surface area (Å²) in [6.07, 6.45) is 2.57. The van der Waals surface area contributed by atoms with E-state index < -0.39 is 11.3 Å². The van der Waals surface area contributed by atoms with Gasteiger partial charge in [0, 0.05) is 29.1 Å². The maximum absolute atomic E-state index is 12.0. The Labute approximate surface area is 135 Å². The molecule has 1 amide bonds. The Morgan fingerprint density at radius 2 is 2.09 bits per heavy atom. The molecule has 9 nitrogen and oxygen atoms in total. The van der Waals surface area contributed by atoms with Gasteiger partial charge >= 0.3 is 0 Å². The molecule has 1 atom stereocenters. The van der Waals surface area contributed by atoms with Crippen LogP contribution in [0.25, 0.3) is 0 Å². The van der Waals surface area contributed by atoms with Crippen molar-refractivity contribution in [1.29, 1.82) is 0 Å². The van der Waals surface area contributed by atoms with Crippen molar-refractivity contribution >= 4 is 22.9 Å². The van der Waals surface area contributed by atoms with E-state index in [0.29, 0.717) is 30.0 Å². The maximum atomic E-state index is 12.0. The molecule has 0 radical (unpaired) electrons. The van der Waals surface area contributed by atoms with Crippen LogP contribution < -0.4 is 15.8 Å². The number of aryl methyl sites for hydroxylation is 1. The summed E-state index contributed by atoms with van der Waals surface area (Å²) in [5.41, 5.74) is 6.88. The summed E-state index contributed by atoms with van der Waals surface area (Å²) in [6.45, 7) is 1.52. The maximum Gasteiger partial charge on any atom is 0.251 e. The van der Waals surface area contributed by atoms with E-state index in [1.807, 2.05) is 0 Å². The number of anilines is 1. The molecule has 124 valence electrons. The average Bonchev–Trinajstić information content (AvgIpc) is 2.98. The van der Waals surface area contributed by atoms with Crippen molar-refractivity contribution in [2.24, 2.45) is 5.73 Å². The topological polar surface area (TPSA) is 138 Å². The Morgan fingerprint density at radius 3 is 2.74 bits per heavy atom. The molecular formula is C13H17N6O3S-. The number of nitrogens with two attached hydrogens (primary N) is 1. The third-order valence-corrected chi connectivity index (χ3v) is 3.36. The monoisotopic (exact) mass is 337 g/mol. The molecule has 10 heteroatoms. The predicted octanol–water partition coefficient (Wildman–Crippen LogP) is -0.237. The number of hydrogen-bond donors (Lipinski definition) is 3. The summed E-state index contributed by atoms with van der Waals surface area (Å²) in [4.78, 5) is 12.0. The first-order valence-electron chi connectivity index (χ1n) is 6.92. The Bertz CT molecular complexity index is 673. The van der Waals surface area contributed by atoms with Crippen molar-refractivity contribution < 1.29 is 13.6 Å². The van der Waals surface area contributed by atoms with Crippen molar-refractivity contribution in [3.8, 4) is 0 Å². The number of nitrogens with one attached hydrogen (secondary N) is 2. The van der Waals surface area contributed by atoms with Gasteiger partial charge in [-0.3, -0.25) is 13.7 Å². The van der Waals surface area contributed by atoms with Gasteiger partial charge in [0.25, 0.3) is 5.91 Å². The zero-order valence-electron chi connectivity index (χ0n) is 12.3. The van der Waals surface area contributed by atoms with E-state index in [1.54, 1.807) is 10.9 Å². The van der Waals surface area contributed by atoms with Gasteiger partial charge in [0.2, 0.25) is 0 Å². The van der Waals surface area contributed by atoms with Gasteiger partial charge in [-0.2, -0.15) is 0 Å². The van der Waals surface area contributed by atoms with Crippen LogP contribution in [0.5, 0.6) is 0 Å². The van der Waals surface area contributed by atoms with Crippen LogP contribution in [0.1, 0.15) is 22.5 Å². The molecular weight excluding hydrogens is 320 g/mol. The number of nitrogens with zero attached hydrogens (tertiary/aromatic N) is 3. The Hall–Kier alpha value is -2.30. The SMILES string of the molecule is NCCCn1cc(CNC(=O)c2ccc(NS(=O)[O-])cc2)nn1. The van der Waals surface area contributed by atoms with Crippen molar-refractivity contribution in [2.45, 2.75) is 19.5 Å². The summed E-state index contributed by atoms with van der Waals surface area (Å²) < 4.78 is 24.9. The normalized spacial score (nSPS) is 11.9. The van der Waals surface area contributed by atoms with Crippen molar-refractivity contribution in [1.82, 2.24) is 20.3 Å². The summed E-state index contributed by atoms with van der Waals surface area (Å²) in [5.74, 6) is -0.281. The number of carbonyl (C=O) groups excluding carboxylic acids is 1. The van der Waals surface area contributed by atoms with Gasteiger partial charge in [-0.05, 0) is 37.2 Å². The first-order valence-corrected chi connectivity index (χ1v) is 7.99. The van der Waals surface area contributed by atoms with Crippen LogP contribution in [0.4, 0.5) is 5.69 Å². The number of amides is 1. The lowest BCUT2D eigenvalue weighted by Crippen LogP contribution is -2.23. The van der Waals surface area contributed by atoms with E-state index in [1.165, 1.54) is 24.3 Å². The van der Waals surface area contributed by atoms with Crippen LogP contribution in [0.2, 0.25) is 0 Å². The van der Waals surface area contributed by atoms with Gasteiger partial charge in [-0.15, -0.1) is 5.10 Å². The fraction of sp³-hybridized carbons (Fsp3) is 0.308. The highest BCUT2D eigenvalue weighted by Crippen LogP contribution is 2.10. The number of benzene rings is 1. The summed E-state index contributed by atoms with van der Waals surface area (Å²) in [7, 11) is 0. The van der Waals surface area contributed by atoms with Crippen LogP contribution in [-0.2, 0) is 24.4 Å². The fourth-order valence-corrected chi connectivity index (χ4v) is 2.17. The van der Waals surface area contributed by atoms with Crippen molar-refractivity contribution in [3.05, 3.63) is 41.7 Å². The molecule has 1 aromatic heterocycles. The third-order valence-electron chi connectivity index (χ3n) is 2.96. The Morgan fingerprint density at radius 1 is 1.35 bits per heavy atom. The first kappa shape index (κ1) is 17.1. The number of carbonyl (C=O) groups is 1. The van der Waals surface area contributed by atoms with Gasteiger partial charge in [0.05, 0.1) is 12.7 Å². The summed E-state index contributed by atoms with van der Waals surface area (Å²) in [5, 5.41) is 10.6. The highest BCUT2D eigenvalue weighted by Gasteiger charge is 2.07. The van der Waals surface area contributed by atoms with Crippen LogP contribution in [0.15, 0.2) is 30.5 Å². The molecule has 0 spiro atoms. The van der Waals surface area contributed by atoms with Crippen LogP contribution in [0, 0.1) is 0 Å². The lowest BCUT2D eigenvalue weighted by Gasteiger charge is -2.09. The first-order chi connectivity index (χ1) is 11.1. The summed E-state index contributed by atoms with van der Waals surface area (Å²) >= 11 is -2.39. The lowest BCUT2D eigenvalue weighted by molar-refractivity contribution is 0.0950. The summed E-state index contributed by atoms with van der Waals surface area (Å²) in [6, 6.07) is 6.08. The lowest BCUT2D eigenvalue weighted by atomic mass is 10.2. The minimum atomic E-state index is -2.39. The van der Waals surface area contributed by atoms with E-state index in [-0.39, 0.29) is 12.5 Å². The van der Waals surface area contributed by atoms with Crippen molar-refractivity contribution in [2.75, 3.05) is 11.3 Å². The fourth-order valence-electron chi connectivity index (χ4n) is 1.84. The molecule has 0 aliphatic heterocycles. The van der Waals surface area contributed by atoms with Gasteiger partial charge in [0.1, 0.15) is 5.69 Å². The molecule has 23 heavy (non-hydrogen) atoms. The van der Waals surface area contributed by atoms with E-state index in [9.17, 15) is 13.6 Å². The molecule has 4 N–H and O–H groups in total. The van der Waals surface area contributed by atoms with Gasteiger partial charge in [-0.1, -0.05) is 5.21 Å². The van der Waals surface area contributed by atoms with Crippen LogP contribution >= 0.6 is 0 Å². The zero-order chi connectivity index (χ0) is 16.7. The van der Waals surface area contributed by atoms with Gasteiger partial charge in [-0.25, -0.2) is 0 Å². The molecule has 0 saturated heterocycles. The van der Waals surface area contributed by atoms with Crippen LogP contribution in [0.3, 0.4) is 0 Å². The quantitative estimate of drug-likeness (QED) is 0.568. The smallest absolute Gasteiger partial charge is 0.251 e. The zero-order valence-corrected chi connectivity index (χ0v) is 13.1. The van der Waals surface area contributed by atoms with E-state index in [2.05, 4.69) is 20.4 Å². The molecule has 0 aliphatic rings. The second-order valence-electron chi connectivity index (χ2n) is 4.71. The molecule has 1 aromatic carbocycles. The molecule has 0 fully saturated rings. The third kappa shape index (κ3) is 5.43. The predicted molar refractivity (Wildman–Crippen MR) is 83.8 cm³/mol. The average molecular weight is 337 g/mol. The van der Waals surface area contributed by atoms with Gasteiger partial charge in [0.15, 0.2) is 0 Å². The molecule has 2 rings (SSSR count). The van der Waals surface area contributed by atoms with E-state index >= 15 is 0 Å². The Kier molecular flexibility index (Phi) is 6.20. The Balaban J connectivity index is 1.86. The number of hydrogen-bond acceptors (Lipinski definition) is 6. The van der Waals surface area contributed by atoms with Crippen LogP contribution in [-0.4, -0.2) is 36.2 Å². The molecule has 1 heterocycles. The molecule has 0 aliphatic carbocycles. The number of rotatable bonds is 8. The number of aromatic nitrogens is 3.